The molecule has 2 unspecified atom stereocenters. The van der Waals surface area contributed by atoms with E-state index in [9.17, 15) is 5.11 Å². The van der Waals surface area contributed by atoms with Crippen molar-refractivity contribution in [3.8, 4) is 5.75 Å². The molecule has 5 nitrogen and oxygen atoms in total. The first-order valence-electron chi connectivity index (χ1n) is 9.07. The van der Waals surface area contributed by atoms with Crippen molar-refractivity contribution in [1.29, 1.82) is 0 Å². The van der Waals surface area contributed by atoms with Crippen LogP contribution in [0.1, 0.15) is 41.4 Å². The lowest BCUT2D eigenvalue weighted by atomic mass is 10.0. The molecule has 0 saturated carbocycles. The lowest BCUT2D eigenvalue weighted by molar-refractivity contribution is 0.0636. The summed E-state index contributed by atoms with van der Waals surface area (Å²) in [6, 6.07) is 8.29. The van der Waals surface area contributed by atoms with Gasteiger partial charge in [0, 0.05) is 30.9 Å². The lowest BCUT2D eigenvalue weighted by Crippen LogP contribution is -2.35. The zero-order chi connectivity index (χ0) is 18.0. The molecule has 0 spiro atoms. The largest absolute Gasteiger partial charge is 0.491 e. The molecule has 1 fully saturated rings. The molecule has 2 aromatic rings. The van der Waals surface area contributed by atoms with Crippen LogP contribution in [-0.4, -0.2) is 45.6 Å². The SMILES string of the molecule is Cc1cccc(OCC(O)CN2CCCC2c2c(C)nn(C)c2C)c1. The first kappa shape index (κ1) is 18.0. The Balaban J connectivity index is 1.61. The standard InChI is InChI=1S/C20H29N3O2/c1-14-7-5-8-18(11-14)25-13-17(24)12-23-10-6-9-19(23)20-15(2)21-22(4)16(20)3/h5,7-8,11,17,19,24H,6,9-10,12-13H2,1-4H3. The van der Waals surface area contributed by atoms with Crippen LogP contribution in [0.2, 0.25) is 0 Å². The fourth-order valence-corrected chi connectivity index (χ4v) is 3.86. The van der Waals surface area contributed by atoms with Gasteiger partial charge in [0.25, 0.3) is 0 Å². The van der Waals surface area contributed by atoms with Crippen molar-refractivity contribution >= 4 is 0 Å². The van der Waals surface area contributed by atoms with E-state index in [1.807, 2.05) is 42.9 Å². The van der Waals surface area contributed by atoms with Gasteiger partial charge in [0.2, 0.25) is 0 Å². The molecule has 1 aliphatic heterocycles. The van der Waals surface area contributed by atoms with Gasteiger partial charge in [-0.1, -0.05) is 12.1 Å². The van der Waals surface area contributed by atoms with Gasteiger partial charge in [-0.3, -0.25) is 9.58 Å². The summed E-state index contributed by atoms with van der Waals surface area (Å²) in [4.78, 5) is 2.38. The fourth-order valence-electron chi connectivity index (χ4n) is 3.86. The summed E-state index contributed by atoms with van der Waals surface area (Å²) >= 11 is 0. The monoisotopic (exact) mass is 343 g/mol. The number of aromatic nitrogens is 2. The smallest absolute Gasteiger partial charge is 0.119 e. The van der Waals surface area contributed by atoms with Crippen LogP contribution in [0, 0.1) is 20.8 Å². The summed E-state index contributed by atoms with van der Waals surface area (Å²) in [6.07, 6.45) is 1.78. The molecule has 0 bridgehead atoms. The zero-order valence-electron chi connectivity index (χ0n) is 15.7. The molecule has 1 aliphatic rings. The molecule has 0 radical (unpaired) electrons. The predicted octanol–water partition coefficient (Wildman–Crippen LogP) is 2.92. The number of nitrogens with zero attached hydrogens (tertiary/aromatic N) is 3. The molecule has 1 aromatic carbocycles. The highest BCUT2D eigenvalue weighted by Crippen LogP contribution is 2.35. The Kier molecular flexibility index (Phi) is 5.45. The Morgan fingerprint density at radius 2 is 2.12 bits per heavy atom. The number of ether oxygens (including phenoxy) is 1. The van der Waals surface area contributed by atoms with Crippen molar-refractivity contribution in [2.45, 2.75) is 45.8 Å². The van der Waals surface area contributed by atoms with E-state index < -0.39 is 6.10 Å². The Labute approximate surface area is 150 Å². The maximum Gasteiger partial charge on any atom is 0.119 e. The van der Waals surface area contributed by atoms with Crippen LogP contribution in [0.25, 0.3) is 0 Å². The molecule has 0 amide bonds. The third kappa shape index (κ3) is 4.05. The minimum Gasteiger partial charge on any atom is -0.491 e. The van der Waals surface area contributed by atoms with Crippen molar-refractivity contribution in [3.05, 3.63) is 46.8 Å². The van der Waals surface area contributed by atoms with Gasteiger partial charge in [0.1, 0.15) is 18.5 Å². The van der Waals surface area contributed by atoms with Gasteiger partial charge in [-0.15, -0.1) is 0 Å². The second-order valence-electron chi connectivity index (χ2n) is 7.14. The highest BCUT2D eigenvalue weighted by molar-refractivity contribution is 5.29. The number of hydrogen-bond acceptors (Lipinski definition) is 4. The molecule has 5 heteroatoms. The number of likely N-dealkylation sites (tertiary alicyclic amines) is 1. The Morgan fingerprint density at radius 3 is 2.80 bits per heavy atom. The summed E-state index contributed by atoms with van der Waals surface area (Å²) in [7, 11) is 2.00. The molecule has 1 saturated heterocycles. The Morgan fingerprint density at radius 1 is 1.32 bits per heavy atom. The molecule has 2 atom stereocenters. The van der Waals surface area contributed by atoms with Gasteiger partial charge in [0.05, 0.1) is 5.69 Å². The van der Waals surface area contributed by atoms with Crippen LogP contribution in [0.3, 0.4) is 0 Å². The van der Waals surface area contributed by atoms with Gasteiger partial charge in [0.15, 0.2) is 0 Å². The quantitative estimate of drug-likeness (QED) is 0.876. The van der Waals surface area contributed by atoms with E-state index in [2.05, 4.69) is 23.8 Å². The van der Waals surface area contributed by atoms with Crippen LogP contribution in [0.15, 0.2) is 24.3 Å². The zero-order valence-corrected chi connectivity index (χ0v) is 15.7. The number of aliphatic hydroxyl groups excluding tert-OH is 1. The number of rotatable bonds is 6. The minimum atomic E-state index is -0.501. The van der Waals surface area contributed by atoms with Crippen LogP contribution in [0.5, 0.6) is 5.75 Å². The summed E-state index contributed by atoms with van der Waals surface area (Å²) in [5.74, 6) is 0.816. The van der Waals surface area contributed by atoms with Crippen LogP contribution in [0.4, 0.5) is 0 Å². The van der Waals surface area contributed by atoms with E-state index >= 15 is 0 Å². The van der Waals surface area contributed by atoms with Gasteiger partial charge in [-0.2, -0.15) is 5.10 Å². The maximum absolute atomic E-state index is 10.5. The lowest BCUT2D eigenvalue weighted by Gasteiger charge is -2.27. The molecule has 25 heavy (non-hydrogen) atoms. The number of hydrogen-bond donors (Lipinski definition) is 1. The first-order valence-corrected chi connectivity index (χ1v) is 9.07. The third-order valence-corrected chi connectivity index (χ3v) is 5.14. The normalized spacial score (nSPS) is 19.3. The average Bonchev–Trinajstić information content (AvgIpc) is 3.10. The molecule has 136 valence electrons. The summed E-state index contributed by atoms with van der Waals surface area (Å²) in [6.45, 7) is 8.21. The molecular weight excluding hydrogens is 314 g/mol. The molecule has 2 heterocycles. The van der Waals surface area contributed by atoms with Crippen molar-refractivity contribution in [1.82, 2.24) is 14.7 Å². The number of aliphatic hydroxyl groups is 1. The van der Waals surface area contributed by atoms with Crippen molar-refractivity contribution in [2.75, 3.05) is 19.7 Å². The van der Waals surface area contributed by atoms with Crippen LogP contribution < -0.4 is 4.74 Å². The minimum absolute atomic E-state index is 0.317. The van der Waals surface area contributed by atoms with E-state index in [4.69, 9.17) is 4.74 Å². The molecule has 0 aliphatic carbocycles. The fraction of sp³-hybridized carbons (Fsp3) is 0.550. The van der Waals surface area contributed by atoms with E-state index in [0.29, 0.717) is 19.2 Å². The summed E-state index contributed by atoms with van der Waals surface area (Å²) in [5.41, 5.74) is 4.81. The highest BCUT2D eigenvalue weighted by atomic mass is 16.5. The van der Waals surface area contributed by atoms with Gasteiger partial charge < -0.3 is 9.84 Å². The van der Waals surface area contributed by atoms with Gasteiger partial charge in [-0.05, 0) is 57.9 Å². The highest BCUT2D eigenvalue weighted by Gasteiger charge is 2.31. The van der Waals surface area contributed by atoms with E-state index in [1.54, 1.807) is 0 Å². The molecular formula is C20H29N3O2. The second kappa shape index (κ2) is 7.58. The van der Waals surface area contributed by atoms with E-state index in [0.717, 1.165) is 36.4 Å². The molecule has 3 rings (SSSR count). The van der Waals surface area contributed by atoms with Crippen molar-refractivity contribution < 1.29 is 9.84 Å². The predicted molar refractivity (Wildman–Crippen MR) is 98.9 cm³/mol. The van der Waals surface area contributed by atoms with Crippen molar-refractivity contribution in [3.63, 3.8) is 0 Å². The molecule has 1 N–H and O–H groups in total. The number of aryl methyl sites for hydroxylation is 3. The van der Waals surface area contributed by atoms with Crippen molar-refractivity contribution in [2.24, 2.45) is 7.05 Å². The van der Waals surface area contributed by atoms with E-state index in [1.165, 1.54) is 11.3 Å². The van der Waals surface area contributed by atoms with E-state index in [-0.39, 0.29) is 0 Å². The number of benzene rings is 1. The first-order chi connectivity index (χ1) is 12.0. The maximum atomic E-state index is 10.5. The number of β-amino-alcohol motifs (C(OH)–C–C–N with tert-alkyl or cyclic N) is 1. The summed E-state index contributed by atoms with van der Waals surface area (Å²) < 4.78 is 7.72. The average molecular weight is 343 g/mol. The van der Waals surface area contributed by atoms with Gasteiger partial charge >= 0.3 is 0 Å². The molecule has 1 aromatic heterocycles. The van der Waals surface area contributed by atoms with Crippen LogP contribution in [-0.2, 0) is 7.05 Å². The Bertz CT molecular complexity index is 726. The topological polar surface area (TPSA) is 50.5 Å². The van der Waals surface area contributed by atoms with Gasteiger partial charge in [-0.25, -0.2) is 0 Å². The third-order valence-electron chi connectivity index (χ3n) is 5.14. The Hall–Kier alpha value is -1.85. The second-order valence-corrected chi connectivity index (χ2v) is 7.14. The summed E-state index contributed by atoms with van der Waals surface area (Å²) in [5, 5.41) is 15.0. The van der Waals surface area contributed by atoms with Crippen LogP contribution >= 0.6 is 0 Å².